The van der Waals surface area contributed by atoms with Crippen LogP contribution in [0.2, 0.25) is 0 Å². The highest BCUT2D eigenvalue weighted by molar-refractivity contribution is 5.77. The van der Waals surface area contributed by atoms with E-state index >= 15 is 0 Å². The number of Topliss-reactive ketones (excluding diaryl/α,β-unsaturated/α-hetero) is 1. The van der Waals surface area contributed by atoms with Crippen LogP contribution < -0.4 is 0 Å². The summed E-state index contributed by atoms with van der Waals surface area (Å²) in [6, 6.07) is 0. The Bertz CT molecular complexity index is 235. The third kappa shape index (κ3) is 0.843. The SMILES string of the molecule is CC(=O)CC1(C(F)F)OC12CC2. The lowest BCUT2D eigenvalue weighted by molar-refractivity contribution is -0.119. The predicted octanol–water partition coefficient (Wildman–Crippen LogP) is 1.53. The standard InChI is InChI=1S/C8H10F2O2/c1-5(11)4-8(6(9)10)7(12-8)2-3-7/h6H,2-4H2,1H3. The van der Waals surface area contributed by atoms with Crippen LogP contribution in [-0.2, 0) is 9.53 Å². The minimum absolute atomic E-state index is 0.134. The highest BCUT2D eigenvalue weighted by Gasteiger charge is 2.81. The molecule has 2 rings (SSSR count). The summed E-state index contributed by atoms with van der Waals surface area (Å²) in [5, 5.41) is 0. The van der Waals surface area contributed by atoms with E-state index in [-0.39, 0.29) is 12.2 Å². The van der Waals surface area contributed by atoms with Crippen LogP contribution in [0.1, 0.15) is 26.2 Å². The lowest BCUT2D eigenvalue weighted by Crippen LogP contribution is -2.28. The topological polar surface area (TPSA) is 29.6 Å². The molecule has 0 aromatic rings. The average Bonchev–Trinajstić information content (AvgIpc) is 2.75. The zero-order valence-corrected chi connectivity index (χ0v) is 6.77. The summed E-state index contributed by atoms with van der Waals surface area (Å²) < 4.78 is 30.0. The summed E-state index contributed by atoms with van der Waals surface area (Å²) in [7, 11) is 0. The van der Waals surface area contributed by atoms with Gasteiger partial charge in [0.2, 0.25) is 0 Å². The zero-order chi connectivity index (χ0) is 8.98. The molecule has 2 nitrogen and oxygen atoms in total. The summed E-state index contributed by atoms with van der Waals surface area (Å²) in [6.45, 7) is 1.32. The van der Waals surface area contributed by atoms with E-state index in [4.69, 9.17) is 4.74 Å². The maximum Gasteiger partial charge on any atom is 0.270 e. The van der Waals surface area contributed by atoms with Crippen molar-refractivity contribution in [2.45, 2.75) is 43.8 Å². The third-order valence-electron chi connectivity index (χ3n) is 2.68. The van der Waals surface area contributed by atoms with Gasteiger partial charge in [-0.2, -0.15) is 0 Å². The molecule has 0 radical (unpaired) electrons. The number of hydrogen-bond acceptors (Lipinski definition) is 2. The lowest BCUT2D eigenvalue weighted by Gasteiger charge is -2.08. The number of carbonyl (C=O) groups excluding carboxylic acids is 1. The Morgan fingerprint density at radius 1 is 1.58 bits per heavy atom. The van der Waals surface area contributed by atoms with E-state index in [0.717, 1.165) is 0 Å². The molecule has 0 aromatic carbocycles. The largest absolute Gasteiger partial charge is 0.356 e. The van der Waals surface area contributed by atoms with E-state index in [0.29, 0.717) is 12.8 Å². The van der Waals surface area contributed by atoms with Crippen molar-refractivity contribution in [3.8, 4) is 0 Å². The van der Waals surface area contributed by atoms with Crippen molar-refractivity contribution in [3.63, 3.8) is 0 Å². The van der Waals surface area contributed by atoms with Crippen molar-refractivity contribution in [2.75, 3.05) is 0 Å². The van der Waals surface area contributed by atoms with Gasteiger partial charge >= 0.3 is 0 Å². The van der Waals surface area contributed by atoms with E-state index in [1.165, 1.54) is 6.92 Å². The maximum absolute atomic E-state index is 12.5. The molecule has 1 saturated carbocycles. The van der Waals surface area contributed by atoms with Crippen molar-refractivity contribution in [1.82, 2.24) is 0 Å². The monoisotopic (exact) mass is 176 g/mol. The molecule has 1 saturated heterocycles. The number of epoxide rings is 1. The smallest absolute Gasteiger partial charge is 0.270 e. The molecule has 0 bridgehead atoms. The molecule has 1 heterocycles. The third-order valence-corrected chi connectivity index (χ3v) is 2.68. The van der Waals surface area contributed by atoms with Crippen molar-refractivity contribution < 1.29 is 18.3 Å². The number of halogens is 2. The second kappa shape index (κ2) is 2.05. The van der Waals surface area contributed by atoms with Gasteiger partial charge in [-0.3, -0.25) is 4.79 Å². The van der Waals surface area contributed by atoms with E-state index in [1.807, 2.05) is 0 Å². The first kappa shape index (κ1) is 8.10. The Labute approximate surface area is 68.9 Å². The second-order valence-electron chi connectivity index (χ2n) is 3.67. The van der Waals surface area contributed by atoms with E-state index in [9.17, 15) is 13.6 Å². The van der Waals surface area contributed by atoms with Crippen LogP contribution in [-0.4, -0.2) is 23.4 Å². The molecule has 4 heteroatoms. The van der Waals surface area contributed by atoms with Gasteiger partial charge in [0.05, 0.1) is 0 Å². The lowest BCUT2D eigenvalue weighted by atomic mass is 9.98. The first-order chi connectivity index (χ1) is 5.52. The molecule has 1 aliphatic heterocycles. The van der Waals surface area contributed by atoms with Crippen LogP contribution in [0.25, 0.3) is 0 Å². The van der Waals surface area contributed by atoms with Gasteiger partial charge in [0, 0.05) is 6.42 Å². The Balaban J connectivity index is 2.10. The normalized spacial score (nSPS) is 35.7. The Kier molecular flexibility index (Phi) is 1.38. The number of carbonyl (C=O) groups is 1. The molecule has 1 atom stereocenters. The Morgan fingerprint density at radius 2 is 2.17 bits per heavy atom. The highest BCUT2D eigenvalue weighted by atomic mass is 19.3. The van der Waals surface area contributed by atoms with E-state index in [1.54, 1.807) is 0 Å². The molecule has 1 aliphatic carbocycles. The molecule has 68 valence electrons. The van der Waals surface area contributed by atoms with Crippen LogP contribution in [0.4, 0.5) is 8.78 Å². The van der Waals surface area contributed by atoms with Crippen LogP contribution in [0.15, 0.2) is 0 Å². The molecule has 2 aliphatic rings. The van der Waals surface area contributed by atoms with Gasteiger partial charge < -0.3 is 4.74 Å². The fourth-order valence-electron chi connectivity index (χ4n) is 1.85. The molecule has 0 aromatic heterocycles. The van der Waals surface area contributed by atoms with Crippen LogP contribution >= 0.6 is 0 Å². The van der Waals surface area contributed by atoms with Crippen molar-refractivity contribution >= 4 is 5.78 Å². The van der Waals surface area contributed by atoms with Crippen molar-refractivity contribution in [2.24, 2.45) is 0 Å². The van der Waals surface area contributed by atoms with E-state index < -0.39 is 17.6 Å². The number of rotatable bonds is 3. The van der Waals surface area contributed by atoms with Crippen LogP contribution in [0.3, 0.4) is 0 Å². The van der Waals surface area contributed by atoms with Gasteiger partial charge in [-0.05, 0) is 19.8 Å². The second-order valence-corrected chi connectivity index (χ2v) is 3.67. The van der Waals surface area contributed by atoms with Gasteiger partial charge in [-0.15, -0.1) is 0 Å². The number of alkyl halides is 2. The fraction of sp³-hybridized carbons (Fsp3) is 0.875. The number of hydrogen-bond donors (Lipinski definition) is 0. The maximum atomic E-state index is 12.5. The van der Waals surface area contributed by atoms with Crippen LogP contribution in [0, 0.1) is 0 Å². The molecule has 0 amide bonds. The minimum Gasteiger partial charge on any atom is -0.356 e. The molecule has 0 N–H and O–H groups in total. The number of ether oxygens (including phenoxy) is 1. The van der Waals surface area contributed by atoms with Crippen LogP contribution in [0.5, 0.6) is 0 Å². The predicted molar refractivity (Wildman–Crippen MR) is 37.1 cm³/mol. The minimum atomic E-state index is -2.52. The summed E-state index contributed by atoms with van der Waals surface area (Å²) in [5.74, 6) is -0.223. The van der Waals surface area contributed by atoms with Gasteiger partial charge in [0.15, 0.2) is 5.60 Å². The number of ketones is 1. The van der Waals surface area contributed by atoms with Gasteiger partial charge in [-0.25, -0.2) is 8.78 Å². The fourth-order valence-corrected chi connectivity index (χ4v) is 1.85. The first-order valence-electron chi connectivity index (χ1n) is 4.00. The Morgan fingerprint density at radius 3 is 2.42 bits per heavy atom. The van der Waals surface area contributed by atoms with E-state index in [2.05, 4.69) is 0 Å². The summed E-state index contributed by atoms with van der Waals surface area (Å²) in [6.07, 6.45) is -1.29. The Hall–Kier alpha value is -0.510. The average molecular weight is 176 g/mol. The summed E-state index contributed by atoms with van der Waals surface area (Å²) in [4.78, 5) is 10.7. The molecule has 1 unspecified atom stereocenters. The molecular weight excluding hydrogens is 166 g/mol. The van der Waals surface area contributed by atoms with Crippen molar-refractivity contribution in [1.29, 1.82) is 0 Å². The highest BCUT2D eigenvalue weighted by Crippen LogP contribution is 2.68. The van der Waals surface area contributed by atoms with Gasteiger partial charge in [-0.1, -0.05) is 0 Å². The summed E-state index contributed by atoms with van der Waals surface area (Å²) in [5.41, 5.74) is -2.01. The molecule has 1 spiro atoms. The van der Waals surface area contributed by atoms with Gasteiger partial charge in [0.1, 0.15) is 11.4 Å². The van der Waals surface area contributed by atoms with Gasteiger partial charge in [0.25, 0.3) is 6.43 Å². The first-order valence-corrected chi connectivity index (χ1v) is 4.00. The molecule has 2 fully saturated rings. The summed E-state index contributed by atoms with van der Waals surface area (Å²) >= 11 is 0. The van der Waals surface area contributed by atoms with Crippen molar-refractivity contribution in [3.05, 3.63) is 0 Å². The molecular formula is C8H10F2O2. The quantitative estimate of drug-likeness (QED) is 0.610. The molecule has 12 heavy (non-hydrogen) atoms. The zero-order valence-electron chi connectivity index (χ0n) is 6.77.